The van der Waals surface area contributed by atoms with Gasteiger partial charge in [-0.05, 0) is 47.2 Å². The molecule has 1 atom stereocenters. The number of nitrogens with one attached hydrogen (secondary N) is 1. The van der Waals surface area contributed by atoms with Gasteiger partial charge in [0.2, 0.25) is 6.17 Å². The molecular formula is C19H19IN4O2S. The van der Waals surface area contributed by atoms with Gasteiger partial charge in [0.1, 0.15) is 5.70 Å². The quantitative estimate of drug-likeness (QED) is 0.513. The van der Waals surface area contributed by atoms with E-state index < -0.39 is 6.17 Å². The fourth-order valence-corrected chi connectivity index (χ4v) is 4.35. The molecule has 1 aromatic heterocycles. The molecule has 0 fully saturated rings. The molecule has 1 N–H and O–H groups in total. The second-order valence-electron chi connectivity index (χ2n) is 6.27. The van der Waals surface area contributed by atoms with Crippen molar-refractivity contribution in [2.24, 2.45) is 10.1 Å². The second-order valence-corrected chi connectivity index (χ2v) is 8.42. The van der Waals surface area contributed by atoms with E-state index in [1.54, 1.807) is 16.8 Å². The van der Waals surface area contributed by atoms with Crippen molar-refractivity contribution in [2.45, 2.75) is 32.4 Å². The molecule has 0 saturated carbocycles. The fourth-order valence-electron chi connectivity index (χ4n) is 3.07. The van der Waals surface area contributed by atoms with Crippen LogP contribution in [0.4, 0.5) is 0 Å². The van der Waals surface area contributed by atoms with E-state index in [4.69, 9.17) is 14.5 Å². The van der Waals surface area contributed by atoms with E-state index in [1.165, 1.54) is 6.42 Å². The number of benzene rings is 1. The molecule has 2 aliphatic rings. The summed E-state index contributed by atoms with van der Waals surface area (Å²) in [5.41, 5.74) is 0.509. The summed E-state index contributed by atoms with van der Waals surface area (Å²) >= 11 is 3.70. The van der Waals surface area contributed by atoms with Crippen molar-refractivity contribution in [3.8, 4) is 0 Å². The van der Waals surface area contributed by atoms with Crippen LogP contribution in [0.3, 0.4) is 0 Å². The van der Waals surface area contributed by atoms with Crippen molar-refractivity contribution in [3.05, 3.63) is 56.5 Å². The van der Waals surface area contributed by atoms with Crippen LogP contribution in [-0.4, -0.2) is 21.8 Å². The van der Waals surface area contributed by atoms with Crippen molar-refractivity contribution in [1.29, 1.82) is 0 Å². The van der Waals surface area contributed by atoms with Gasteiger partial charge in [-0.25, -0.2) is 10.0 Å². The lowest BCUT2D eigenvalue weighted by molar-refractivity contribution is -0.116. The number of hydrogen-bond acceptors (Lipinski definition) is 6. The van der Waals surface area contributed by atoms with Crippen LogP contribution in [0.1, 0.15) is 38.1 Å². The number of halogens is 1. The standard InChI is InChI=1S/C19H19IN4O2S/c1-2-3-6-11-27-19-22-18(25)16-12-7-4-5-8-13(12)21-17(24(16)23-19)14-9-10-15(20)26-14/h4-5,7-10,17H,2-3,6,11H2,1H3,(H,22,23,25)/t17-/m1/s1. The summed E-state index contributed by atoms with van der Waals surface area (Å²) in [5.74, 6) is 1.43. The fraction of sp³-hybridized carbons (Fsp3) is 0.316. The highest BCUT2D eigenvalue weighted by atomic mass is 127. The first-order valence-electron chi connectivity index (χ1n) is 8.92. The molecule has 0 unspecified atom stereocenters. The van der Waals surface area contributed by atoms with Crippen LogP contribution >= 0.6 is 34.4 Å². The Morgan fingerprint density at radius 2 is 2.11 bits per heavy atom. The second kappa shape index (κ2) is 8.05. The molecule has 0 radical (unpaired) electrons. The summed E-state index contributed by atoms with van der Waals surface area (Å²) in [4.78, 5) is 17.7. The molecule has 8 heteroatoms. The average molecular weight is 494 g/mol. The lowest BCUT2D eigenvalue weighted by Gasteiger charge is -2.32. The number of carbonyl (C=O) groups excluding carboxylic acids is 1. The van der Waals surface area contributed by atoms with Gasteiger partial charge in [0.05, 0.1) is 5.36 Å². The first-order valence-corrected chi connectivity index (χ1v) is 11.0. The number of amidine groups is 1. The number of unbranched alkanes of at least 4 members (excludes halogenated alkanes) is 2. The molecule has 6 nitrogen and oxygen atoms in total. The Bertz CT molecular complexity index is 1020. The van der Waals surface area contributed by atoms with Gasteiger partial charge < -0.3 is 4.42 Å². The van der Waals surface area contributed by atoms with Gasteiger partial charge >= 0.3 is 0 Å². The number of amides is 1. The van der Waals surface area contributed by atoms with E-state index >= 15 is 0 Å². The van der Waals surface area contributed by atoms with E-state index in [2.05, 4.69) is 34.8 Å². The Labute approximate surface area is 174 Å². The third-order valence-electron chi connectivity index (χ3n) is 4.35. The maximum Gasteiger partial charge on any atom is 0.276 e. The Kier molecular flexibility index (Phi) is 5.53. The van der Waals surface area contributed by atoms with Crippen molar-refractivity contribution in [2.75, 3.05) is 5.75 Å². The number of carbonyl (C=O) groups is 1. The first kappa shape index (κ1) is 18.5. The van der Waals surface area contributed by atoms with Crippen LogP contribution < -0.4 is 15.9 Å². The molecule has 0 aliphatic carbocycles. The van der Waals surface area contributed by atoms with Gasteiger partial charge in [0, 0.05) is 11.0 Å². The number of para-hydroxylation sites is 1. The monoisotopic (exact) mass is 494 g/mol. The number of fused-ring (bicyclic) bond motifs is 2. The summed E-state index contributed by atoms with van der Waals surface area (Å²) in [6, 6.07) is 11.4. The molecule has 0 spiro atoms. The third kappa shape index (κ3) is 3.77. The highest BCUT2D eigenvalue weighted by molar-refractivity contribution is 14.1. The minimum absolute atomic E-state index is 0.156. The highest BCUT2D eigenvalue weighted by Crippen LogP contribution is 2.32. The topological polar surface area (TPSA) is 70.2 Å². The van der Waals surface area contributed by atoms with Crippen LogP contribution in [0, 0.1) is 3.77 Å². The zero-order chi connectivity index (χ0) is 18.8. The number of thioether (sulfide) groups is 1. The third-order valence-corrected chi connectivity index (χ3v) is 5.88. The lowest BCUT2D eigenvalue weighted by atomic mass is 10.1. The summed E-state index contributed by atoms with van der Waals surface area (Å²) in [7, 11) is 0. The zero-order valence-electron chi connectivity index (χ0n) is 14.8. The molecule has 0 bridgehead atoms. The molecule has 4 rings (SSSR count). The molecule has 3 heterocycles. The number of furan rings is 1. The van der Waals surface area contributed by atoms with Crippen LogP contribution in [0.5, 0.6) is 0 Å². The number of nitrogens with zero attached hydrogens (tertiary/aromatic N) is 3. The van der Waals surface area contributed by atoms with E-state index in [-0.39, 0.29) is 5.91 Å². The van der Waals surface area contributed by atoms with E-state index in [9.17, 15) is 4.79 Å². The predicted octanol–water partition coefficient (Wildman–Crippen LogP) is 2.95. The normalized spacial score (nSPS) is 18.4. The molecule has 1 amide bonds. The van der Waals surface area contributed by atoms with E-state index in [0.29, 0.717) is 16.6 Å². The van der Waals surface area contributed by atoms with Crippen LogP contribution in [0.25, 0.3) is 5.70 Å². The number of hydrogen-bond donors (Lipinski definition) is 1. The van der Waals surface area contributed by atoms with Crippen LogP contribution in [0.2, 0.25) is 0 Å². The van der Waals surface area contributed by atoms with Gasteiger partial charge in [0.15, 0.2) is 14.7 Å². The van der Waals surface area contributed by atoms with Crippen LogP contribution in [-0.2, 0) is 4.79 Å². The van der Waals surface area contributed by atoms with Gasteiger partial charge in [-0.1, -0.05) is 49.7 Å². The maximum absolute atomic E-state index is 12.9. The predicted molar refractivity (Wildman–Crippen MR) is 114 cm³/mol. The Morgan fingerprint density at radius 3 is 2.89 bits per heavy atom. The zero-order valence-corrected chi connectivity index (χ0v) is 17.8. The molecule has 27 heavy (non-hydrogen) atoms. The van der Waals surface area contributed by atoms with E-state index in [0.717, 1.165) is 32.9 Å². The van der Waals surface area contributed by atoms with E-state index in [1.807, 2.05) is 36.4 Å². The van der Waals surface area contributed by atoms with Crippen molar-refractivity contribution in [3.63, 3.8) is 0 Å². The molecule has 0 saturated heterocycles. The lowest BCUT2D eigenvalue weighted by Crippen LogP contribution is -2.50. The largest absolute Gasteiger partial charge is 0.451 e. The highest BCUT2D eigenvalue weighted by Gasteiger charge is 2.35. The summed E-state index contributed by atoms with van der Waals surface area (Å²) in [6.45, 7) is 2.17. The summed E-state index contributed by atoms with van der Waals surface area (Å²) < 4.78 is 6.58. The maximum atomic E-state index is 12.9. The number of hydrazone groups is 1. The van der Waals surface area contributed by atoms with Gasteiger partial charge in [-0.3, -0.25) is 10.1 Å². The number of rotatable bonds is 5. The van der Waals surface area contributed by atoms with Crippen LogP contribution in [0.15, 0.2) is 50.9 Å². The molecule has 1 aromatic carbocycles. The van der Waals surface area contributed by atoms with Crippen molar-refractivity contribution >= 4 is 51.1 Å². The Balaban J connectivity index is 1.76. The Morgan fingerprint density at radius 1 is 1.26 bits per heavy atom. The van der Waals surface area contributed by atoms with Crippen molar-refractivity contribution in [1.82, 2.24) is 10.3 Å². The smallest absolute Gasteiger partial charge is 0.276 e. The SMILES string of the molecule is CCCCCSC1=NN2C(=c3ccccc3=N[C@H]2c2ccc(I)o2)C(=O)N1. The van der Waals surface area contributed by atoms with Gasteiger partial charge in [-0.15, -0.1) is 5.10 Å². The Hall–Kier alpha value is -1.81. The van der Waals surface area contributed by atoms with Gasteiger partial charge in [0.25, 0.3) is 5.91 Å². The molecular weight excluding hydrogens is 475 g/mol. The summed E-state index contributed by atoms with van der Waals surface area (Å²) in [5, 5.41) is 11.5. The van der Waals surface area contributed by atoms with Crippen molar-refractivity contribution < 1.29 is 9.21 Å². The molecule has 2 aliphatic heterocycles. The molecule has 2 aromatic rings. The van der Waals surface area contributed by atoms with Gasteiger partial charge in [-0.2, -0.15) is 0 Å². The average Bonchev–Trinajstić information content (AvgIpc) is 3.10. The minimum atomic E-state index is -0.490. The first-order chi connectivity index (χ1) is 13.2. The molecule has 140 valence electrons. The minimum Gasteiger partial charge on any atom is -0.451 e. The summed E-state index contributed by atoms with van der Waals surface area (Å²) in [6.07, 6.45) is 2.94.